The highest BCUT2D eigenvalue weighted by Crippen LogP contribution is 2.33. The standard InChI is InChI=1S/C16H14N3O2/c1-2-11-10-13-14(17-12-6-4-3-5-7-12)8-9-15(19(20)21)16(13)18-11/h3-10,17-18H,1-2H2. The van der Waals surface area contributed by atoms with Crippen LogP contribution in [0.4, 0.5) is 17.1 Å². The van der Waals surface area contributed by atoms with Crippen LogP contribution in [0.1, 0.15) is 5.69 Å². The lowest BCUT2D eigenvalue weighted by Gasteiger charge is -2.07. The number of fused-ring (bicyclic) bond motifs is 1. The first-order valence-corrected chi connectivity index (χ1v) is 6.59. The average molecular weight is 280 g/mol. The summed E-state index contributed by atoms with van der Waals surface area (Å²) >= 11 is 0. The Labute approximate surface area is 121 Å². The molecule has 2 aromatic carbocycles. The molecule has 0 bridgehead atoms. The molecule has 1 heterocycles. The van der Waals surface area contributed by atoms with Crippen molar-refractivity contribution in [2.45, 2.75) is 6.42 Å². The molecule has 0 amide bonds. The number of anilines is 2. The minimum atomic E-state index is -0.377. The maximum absolute atomic E-state index is 11.1. The minimum Gasteiger partial charge on any atom is -0.355 e. The summed E-state index contributed by atoms with van der Waals surface area (Å²) in [5, 5.41) is 15.2. The van der Waals surface area contributed by atoms with Crippen LogP contribution >= 0.6 is 0 Å². The molecule has 5 heteroatoms. The zero-order valence-electron chi connectivity index (χ0n) is 11.3. The fourth-order valence-corrected chi connectivity index (χ4v) is 2.33. The number of aromatic amines is 1. The second-order valence-corrected chi connectivity index (χ2v) is 4.71. The largest absolute Gasteiger partial charge is 0.355 e. The van der Waals surface area contributed by atoms with E-state index in [0.717, 1.165) is 22.5 Å². The number of H-pyrrole nitrogens is 1. The summed E-state index contributed by atoms with van der Waals surface area (Å²) in [6, 6.07) is 14.8. The number of hydrogen-bond donors (Lipinski definition) is 2. The fourth-order valence-electron chi connectivity index (χ4n) is 2.33. The van der Waals surface area contributed by atoms with Crippen LogP contribution in [0.3, 0.4) is 0 Å². The van der Waals surface area contributed by atoms with Gasteiger partial charge >= 0.3 is 0 Å². The van der Waals surface area contributed by atoms with Gasteiger partial charge in [0.15, 0.2) is 0 Å². The minimum absolute atomic E-state index is 0.0725. The molecular weight excluding hydrogens is 266 g/mol. The van der Waals surface area contributed by atoms with E-state index in [1.54, 1.807) is 6.07 Å². The fraction of sp³-hybridized carbons (Fsp3) is 0.0625. The van der Waals surface area contributed by atoms with Gasteiger partial charge in [-0.1, -0.05) is 18.2 Å². The SMILES string of the molecule is [CH2]Cc1cc2c(Nc3ccccc3)ccc([N+](=O)[O-])c2[nH]1. The van der Waals surface area contributed by atoms with Crippen molar-refractivity contribution in [3.8, 4) is 0 Å². The second kappa shape index (κ2) is 5.28. The monoisotopic (exact) mass is 280 g/mol. The molecule has 0 aliphatic carbocycles. The number of para-hydroxylation sites is 1. The predicted molar refractivity (Wildman–Crippen MR) is 83.7 cm³/mol. The van der Waals surface area contributed by atoms with Crippen LogP contribution in [0.15, 0.2) is 48.5 Å². The molecule has 1 radical (unpaired) electrons. The molecule has 1 aromatic heterocycles. The third kappa shape index (κ3) is 2.45. The average Bonchev–Trinajstić information content (AvgIpc) is 2.93. The molecule has 0 unspecified atom stereocenters. The van der Waals surface area contributed by atoms with E-state index in [1.807, 2.05) is 36.4 Å². The Hall–Kier alpha value is -2.82. The van der Waals surface area contributed by atoms with Gasteiger partial charge in [-0.25, -0.2) is 0 Å². The number of nitro benzene ring substituents is 1. The normalized spacial score (nSPS) is 10.7. The van der Waals surface area contributed by atoms with Crippen molar-refractivity contribution in [1.29, 1.82) is 0 Å². The summed E-state index contributed by atoms with van der Waals surface area (Å²) in [4.78, 5) is 13.8. The summed E-state index contributed by atoms with van der Waals surface area (Å²) in [7, 11) is 0. The van der Waals surface area contributed by atoms with Gasteiger partial charge in [-0.15, -0.1) is 0 Å². The highest BCUT2D eigenvalue weighted by Gasteiger charge is 2.17. The molecule has 5 nitrogen and oxygen atoms in total. The summed E-state index contributed by atoms with van der Waals surface area (Å²) in [6.45, 7) is 3.82. The number of aromatic nitrogens is 1. The topological polar surface area (TPSA) is 71.0 Å². The van der Waals surface area contributed by atoms with Crippen LogP contribution in [0, 0.1) is 17.0 Å². The number of nitro groups is 1. The molecule has 0 spiro atoms. The van der Waals surface area contributed by atoms with Gasteiger partial charge in [0.25, 0.3) is 5.69 Å². The number of rotatable bonds is 4. The number of nitrogens with zero attached hydrogens (tertiary/aromatic N) is 1. The maximum Gasteiger partial charge on any atom is 0.293 e. The Morgan fingerprint density at radius 1 is 1.19 bits per heavy atom. The van der Waals surface area contributed by atoms with Crippen molar-refractivity contribution in [2.75, 3.05) is 5.32 Å². The van der Waals surface area contributed by atoms with Crippen LogP contribution < -0.4 is 5.32 Å². The zero-order valence-corrected chi connectivity index (χ0v) is 11.3. The molecule has 0 saturated heterocycles. The van der Waals surface area contributed by atoms with E-state index < -0.39 is 0 Å². The molecule has 3 rings (SSSR count). The Kier molecular flexibility index (Phi) is 3.31. The van der Waals surface area contributed by atoms with Crippen LogP contribution in [0.5, 0.6) is 0 Å². The highest BCUT2D eigenvalue weighted by atomic mass is 16.6. The zero-order chi connectivity index (χ0) is 14.8. The van der Waals surface area contributed by atoms with Crippen LogP contribution in [0.2, 0.25) is 0 Å². The second-order valence-electron chi connectivity index (χ2n) is 4.71. The molecule has 0 saturated carbocycles. The molecule has 2 N–H and O–H groups in total. The summed E-state index contributed by atoms with van der Waals surface area (Å²) in [6.07, 6.45) is 0.552. The van der Waals surface area contributed by atoms with Gasteiger partial charge in [0.1, 0.15) is 5.52 Å². The summed E-state index contributed by atoms with van der Waals surface area (Å²) < 4.78 is 0. The van der Waals surface area contributed by atoms with Crippen molar-refractivity contribution < 1.29 is 4.92 Å². The lowest BCUT2D eigenvalue weighted by Crippen LogP contribution is -1.94. The van der Waals surface area contributed by atoms with E-state index in [-0.39, 0.29) is 10.6 Å². The summed E-state index contributed by atoms with van der Waals surface area (Å²) in [5.41, 5.74) is 3.24. The Balaban J connectivity index is 2.13. The van der Waals surface area contributed by atoms with Crippen LogP contribution in [-0.2, 0) is 6.42 Å². The highest BCUT2D eigenvalue weighted by molar-refractivity contribution is 5.99. The number of hydrogen-bond acceptors (Lipinski definition) is 3. The van der Waals surface area contributed by atoms with Crippen LogP contribution in [-0.4, -0.2) is 9.91 Å². The molecule has 0 atom stereocenters. The number of non-ortho nitro benzene ring substituents is 1. The third-order valence-corrected chi connectivity index (χ3v) is 3.35. The van der Waals surface area contributed by atoms with Crippen molar-refractivity contribution in [2.24, 2.45) is 0 Å². The number of benzene rings is 2. The van der Waals surface area contributed by atoms with Gasteiger partial charge in [-0.05, 0) is 37.6 Å². The molecular formula is C16H14N3O2. The van der Waals surface area contributed by atoms with Crippen molar-refractivity contribution >= 4 is 28.0 Å². The molecule has 0 aliphatic rings. The third-order valence-electron chi connectivity index (χ3n) is 3.35. The van der Waals surface area contributed by atoms with Crippen molar-refractivity contribution in [1.82, 2.24) is 4.98 Å². The van der Waals surface area contributed by atoms with Crippen molar-refractivity contribution in [3.63, 3.8) is 0 Å². The smallest absolute Gasteiger partial charge is 0.293 e. The Morgan fingerprint density at radius 2 is 1.95 bits per heavy atom. The van der Waals surface area contributed by atoms with E-state index >= 15 is 0 Å². The molecule has 3 aromatic rings. The number of nitrogens with one attached hydrogen (secondary N) is 2. The molecule has 0 fully saturated rings. The first kappa shape index (κ1) is 13.2. The van der Waals surface area contributed by atoms with Gasteiger partial charge in [-0.3, -0.25) is 10.1 Å². The van der Waals surface area contributed by atoms with Gasteiger partial charge in [-0.2, -0.15) is 0 Å². The van der Waals surface area contributed by atoms with E-state index in [9.17, 15) is 10.1 Å². The van der Waals surface area contributed by atoms with E-state index in [2.05, 4.69) is 17.2 Å². The van der Waals surface area contributed by atoms with E-state index in [1.165, 1.54) is 6.07 Å². The van der Waals surface area contributed by atoms with Gasteiger partial charge in [0.05, 0.1) is 4.92 Å². The predicted octanol–water partition coefficient (Wildman–Crippen LogP) is 4.20. The van der Waals surface area contributed by atoms with Crippen LogP contribution in [0.25, 0.3) is 10.9 Å². The quantitative estimate of drug-likeness (QED) is 0.556. The lowest BCUT2D eigenvalue weighted by molar-refractivity contribution is -0.383. The van der Waals surface area contributed by atoms with Gasteiger partial charge in [0, 0.05) is 28.5 Å². The summed E-state index contributed by atoms with van der Waals surface area (Å²) in [5.74, 6) is 0. The molecule has 21 heavy (non-hydrogen) atoms. The van der Waals surface area contributed by atoms with E-state index in [4.69, 9.17) is 0 Å². The van der Waals surface area contributed by atoms with Gasteiger partial charge < -0.3 is 10.3 Å². The Bertz CT molecular complexity index is 794. The van der Waals surface area contributed by atoms with Crippen molar-refractivity contribution in [3.05, 3.63) is 71.3 Å². The lowest BCUT2D eigenvalue weighted by atomic mass is 10.1. The molecule has 0 aliphatic heterocycles. The maximum atomic E-state index is 11.1. The first-order chi connectivity index (χ1) is 10.2. The van der Waals surface area contributed by atoms with Gasteiger partial charge in [0.2, 0.25) is 0 Å². The first-order valence-electron chi connectivity index (χ1n) is 6.59. The van der Waals surface area contributed by atoms with E-state index in [0.29, 0.717) is 11.9 Å². The molecule has 105 valence electrons. The Morgan fingerprint density at radius 3 is 2.62 bits per heavy atom.